The molecule has 0 saturated carbocycles. The highest BCUT2D eigenvalue weighted by molar-refractivity contribution is 7.11. The molecule has 0 atom stereocenters. The maximum Gasteiger partial charge on any atom is 0.107 e. The molecule has 92 valence electrons. The van der Waals surface area contributed by atoms with E-state index in [1.807, 2.05) is 11.3 Å². The number of rotatable bonds is 7. The second kappa shape index (κ2) is 7.02. The Morgan fingerprint density at radius 3 is 2.25 bits per heavy atom. The largest absolute Gasteiger partial charge is 0.308 e. The Morgan fingerprint density at radius 1 is 1.19 bits per heavy atom. The molecule has 3 heteroatoms. The lowest BCUT2D eigenvalue weighted by Gasteiger charge is -2.16. The lowest BCUT2D eigenvalue weighted by atomic mass is 10.1. The van der Waals surface area contributed by atoms with Gasteiger partial charge in [0, 0.05) is 17.5 Å². The second-order valence-corrected chi connectivity index (χ2v) is 5.69. The molecule has 2 nitrogen and oxygen atoms in total. The van der Waals surface area contributed by atoms with Crippen LogP contribution in [-0.2, 0) is 6.54 Å². The minimum Gasteiger partial charge on any atom is -0.308 e. The van der Waals surface area contributed by atoms with Gasteiger partial charge in [0.1, 0.15) is 5.01 Å². The zero-order chi connectivity index (χ0) is 12.0. The molecule has 0 unspecified atom stereocenters. The van der Waals surface area contributed by atoms with Crippen molar-refractivity contribution in [2.75, 3.05) is 0 Å². The summed E-state index contributed by atoms with van der Waals surface area (Å²) in [5.74, 6) is 0. The van der Waals surface area contributed by atoms with Crippen molar-refractivity contribution < 1.29 is 0 Å². The van der Waals surface area contributed by atoms with Gasteiger partial charge >= 0.3 is 0 Å². The van der Waals surface area contributed by atoms with Crippen molar-refractivity contribution in [3.8, 4) is 0 Å². The van der Waals surface area contributed by atoms with Gasteiger partial charge in [-0.3, -0.25) is 0 Å². The van der Waals surface area contributed by atoms with Gasteiger partial charge in [0.15, 0.2) is 0 Å². The summed E-state index contributed by atoms with van der Waals surface area (Å²) >= 11 is 1.82. The molecule has 1 heterocycles. The van der Waals surface area contributed by atoms with Crippen LogP contribution in [0.5, 0.6) is 0 Å². The summed E-state index contributed by atoms with van der Waals surface area (Å²) in [6.45, 7) is 9.67. The highest BCUT2D eigenvalue weighted by atomic mass is 32.1. The van der Waals surface area contributed by atoms with Gasteiger partial charge in [0.2, 0.25) is 0 Å². The van der Waals surface area contributed by atoms with Crippen LogP contribution in [0.15, 0.2) is 0 Å². The van der Waals surface area contributed by atoms with Gasteiger partial charge < -0.3 is 5.32 Å². The van der Waals surface area contributed by atoms with E-state index in [9.17, 15) is 0 Å². The van der Waals surface area contributed by atoms with Gasteiger partial charge in [-0.05, 0) is 26.7 Å². The molecule has 1 aromatic heterocycles. The topological polar surface area (TPSA) is 24.9 Å². The average molecular weight is 240 g/mol. The van der Waals surface area contributed by atoms with Crippen molar-refractivity contribution in [1.82, 2.24) is 10.3 Å². The minimum atomic E-state index is 0.666. The number of aryl methyl sites for hydroxylation is 2. The van der Waals surface area contributed by atoms with Crippen LogP contribution in [-0.4, -0.2) is 11.0 Å². The number of thiazole rings is 1. The fourth-order valence-electron chi connectivity index (χ4n) is 1.89. The molecular formula is C13H24N2S. The number of nitrogens with one attached hydrogen (secondary N) is 1. The van der Waals surface area contributed by atoms with Crippen molar-refractivity contribution in [2.24, 2.45) is 0 Å². The van der Waals surface area contributed by atoms with Crippen molar-refractivity contribution >= 4 is 11.3 Å². The summed E-state index contributed by atoms with van der Waals surface area (Å²) in [5, 5.41) is 4.86. The molecule has 1 N–H and O–H groups in total. The van der Waals surface area contributed by atoms with Gasteiger partial charge in [-0.1, -0.05) is 26.7 Å². The fourth-order valence-corrected chi connectivity index (χ4v) is 2.78. The van der Waals surface area contributed by atoms with Crippen molar-refractivity contribution in [3.63, 3.8) is 0 Å². The standard InChI is InChI=1S/C13H24N2S/c1-5-7-12(8-6-2)14-9-13-15-10(3)11(4)16-13/h12,14H,5-9H2,1-4H3. The molecule has 0 aliphatic carbocycles. The van der Waals surface area contributed by atoms with Crippen molar-refractivity contribution in [1.29, 1.82) is 0 Å². The highest BCUT2D eigenvalue weighted by Crippen LogP contribution is 2.16. The van der Waals surface area contributed by atoms with Crippen LogP contribution in [0.1, 0.15) is 55.1 Å². The van der Waals surface area contributed by atoms with Gasteiger partial charge in [0.25, 0.3) is 0 Å². The molecule has 0 fully saturated rings. The molecule has 16 heavy (non-hydrogen) atoms. The van der Waals surface area contributed by atoms with Gasteiger partial charge in [-0.2, -0.15) is 0 Å². The third-order valence-electron chi connectivity index (χ3n) is 2.89. The van der Waals surface area contributed by atoms with E-state index in [-0.39, 0.29) is 0 Å². The smallest absolute Gasteiger partial charge is 0.107 e. The van der Waals surface area contributed by atoms with Crippen LogP contribution in [0.4, 0.5) is 0 Å². The van der Waals surface area contributed by atoms with E-state index in [0.717, 1.165) is 6.54 Å². The van der Waals surface area contributed by atoms with Crippen LogP contribution < -0.4 is 5.32 Å². The maximum atomic E-state index is 4.56. The minimum absolute atomic E-state index is 0.666. The summed E-state index contributed by atoms with van der Waals surface area (Å²) in [7, 11) is 0. The second-order valence-electron chi connectivity index (χ2n) is 4.40. The van der Waals surface area contributed by atoms with Crippen LogP contribution >= 0.6 is 11.3 Å². The Kier molecular flexibility index (Phi) is 5.99. The van der Waals surface area contributed by atoms with E-state index in [1.165, 1.54) is 41.3 Å². The molecule has 0 radical (unpaired) electrons. The highest BCUT2D eigenvalue weighted by Gasteiger charge is 2.08. The third kappa shape index (κ3) is 4.22. The first-order chi connectivity index (χ1) is 7.67. The molecule has 0 saturated heterocycles. The predicted molar refractivity (Wildman–Crippen MR) is 72.0 cm³/mol. The van der Waals surface area contributed by atoms with E-state index >= 15 is 0 Å². The molecule has 1 aromatic rings. The first-order valence-electron chi connectivity index (χ1n) is 6.33. The van der Waals surface area contributed by atoms with E-state index in [2.05, 4.69) is 38.0 Å². The van der Waals surface area contributed by atoms with E-state index in [0.29, 0.717) is 6.04 Å². The molecule has 0 spiro atoms. The van der Waals surface area contributed by atoms with Crippen LogP contribution in [0.3, 0.4) is 0 Å². The Labute approximate surface area is 103 Å². The SMILES string of the molecule is CCCC(CCC)NCc1nc(C)c(C)s1. The van der Waals surface area contributed by atoms with Gasteiger partial charge in [-0.25, -0.2) is 4.98 Å². The van der Waals surface area contributed by atoms with E-state index in [4.69, 9.17) is 0 Å². The first kappa shape index (κ1) is 13.7. The molecule has 0 aromatic carbocycles. The zero-order valence-electron chi connectivity index (χ0n) is 11.0. The first-order valence-corrected chi connectivity index (χ1v) is 7.15. The zero-order valence-corrected chi connectivity index (χ0v) is 11.8. The number of aromatic nitrogens is 1. The van der Waals surface area contributed by atoms with Crippen LogP contribution in [0.25, 0.3) is 0 Å². The Balaban J connectivity index is 2.41. The fraction of sp³-hybridized carbons (Fsp3) is 0.769. The normalized spacial score (nSPS) is 11.3. The molecule has 0 amide bonds. The van der Waals surface area contributed by atoms with Crippen LogP contribution in [0.2, 0.25) is 0 Å². The quantitative estimate of drug-likeness (QED) is 0.783. The maximum absolute atomic E-state index is 4.56. The van der Waals surface area contributed by atoms with Gasteiger partial charge in [0.05, 0.1) is 5.69 Å². The Bertz CT molecular complexity index is 281. The summed E-state index contributed by atoms with van der Waals surface area (Å²) in [4.78, 5) is 5.91. The number of hydrogen-bond acceptors (Lipinski definition) is 3. The van der Waals surface area contributed by atoms with Gasteiger partial charge in [-0.15, -0.1) is 11.3 Å². The summed E-state index contributed by atoms with van der Waals surface area (Å²) in [6.07, 6.45) is 5.07. The summed E-state index contributed by atoms with van der Waals surface area (Å²) < 4.78 is 0. The number of nitrogens with zero attached hydrogens (tertiary/aromatic N) is 1. The monoisotopic (exact) mass is 240 g/mol. The average Bonchev–Trinajstić information content (AvgIpc) is 2.56. The van der Waals surface area contributed by atoms with Crippen molar-refractivity contribution in [3.05, 3.63) is 15.6 Å². The molecule has 0 bridgehead atoms. The molecular weight excluding hydrogens is 216 g/mol. The lowest BCUT2D eigenvalue weighted by Crippen LogP contribution is -2.28. The third-order valence-corrected chi connectivity index (χ3v) is 3.96. The lowest BCUT2D eigenvalue weighted by molar-refractivity contribution is 0.442. The molecule has 0 aliphatic heterocycles. The summed E-state index contributed by atoms with van der Waals surface area (Å²) in [5.41, 5.74) is 1.18. The van der Waals surface area contributed by atoms with E-state index in [1.54, 1.807) is 0 Å². The Hall–Kier alpha value is -0.410. The predicted octanol–water partition coefficient (Wildman–Crippen LogP) is 3.82. The van der Waals surface area contributed by atoms with Crippen molar-refractivity contribution in [2.45, 2.75) is 66.0 Å². The number of hydrogen-bond donors (Lipinski definition) is 1. The van der Waals surface area contributed by atoms with E-state index < -0.39 is 0 Å². The molecule has 1 rings (SSSR count). The summed E-state index contributed by atoms with van der Waals surface area (Å²) in [6, 6.07) is 0.666. The van der Waals surface area contributed by atoms with Crippen LogP contribution in [0, 0.1) is 13.8 Å². The molecule has 0 aliphatic rings. The Morgan fingerprint density at radius 2 is 1.81 bits per heavy atom.